The van der Waals surface area contributed by atoms with Crippen LogP contribution >= 0.6 is 11.6 Å². The fourth-order valence-electron chi connectivity index (χ4n) is 2.80. The van der Waals surface area contributed by atoms with E-state index in [0.717, 1.165) is 30.2 Å². The fourth-order valence-corrected chi connectivity index (χ4v) is 3.00. The molecule has 0 bridgehead atoms. The van der Waals surface area contributed by atoms with Crippen molar-refractivity contribution >= 4 is 23.0 Å². The first-order valence-electron chi connectivity index (χ1n) is 7.57. The molecule has 0 atom stereocenters. The molecule has 0 spiro atoms. The maximum atomic E-state index is 6.19. The predicted molar refractivity (Wildman–Crippen MR) is 91.4 cm³/mol. The summed E-state index contributed by atoms with van der Waals surface area (Å²) in [6.45, 7) is 5.15. The quantitative estimate of drug-likeness (QED) is 0.867. The van der Waals surface area contributed by atoms with E-state index in [1.165, 1.54) is 29.8 Å². The van der Waals surface area contributed by atoms with Gasteiger partial charge in [0, 0.05) is 24.7 Å². The molecule has 0 aliphatic carbocycles. The van der Waals surface area contributed by atoms with Crippen molar-refractivity contribution in [3.63, 3.8) is 0 Å². The average Bonchev–Trinajstić information content (AvgIpc) is 3.03. The number of nitrogens with zero attached hydrogens (tertiary/aromatic N) is 1. The molecule has 0 amide bonds. The van der Waals surface area contributed by atoms with Crippen LogP contribution in [0, 0.1) is 6.92 Å². The first-order valence-corrected chi connectivity index (χ1v) is 7.95. The minimum atomic E-state index is 0.796. The Kier molecular flexibility index (Phi) is 4.35. The number of aryl methyl sites for hydroxylation is 1. The smallest absolute Gasteiger partial charge is 0.0602 e. The van der Waals surface area contributed by atoms with Gasteiger partial charge in [0.05, 0.1) is 11.4 Å². The van der Waals surface area contributed by atoms with Gasteiger partial charge in [-0.2, -0.15) is 0 Å². The van der Waals surface area contributed by atoms with Gasteiger partial charge in [-0.05, 0) is 49.1 Å². The highest BCUT2D eigenvalue weighted by Gasteiger charge is 2.15. The van der Waals surface area contributed by atoms with Crippen LogP contribution in [-0.4, -0.2) is 13.1 Å². The molecule has 1 aliphatic heterocycles. The highest BCUT2D eigenvalue weighted by molar-refractivity contribution is 6.31. The van der Waals surface area contributed by atoms with Gasteiger partial charge in [-0.3, -0.25) is 0 Å². The second kappa shape index (κ2) is 6.40. The number of hydrogen-bond donors (Lipinski definition) is 1. The first-order chi connectivity index (χ1) is 10.2. The van der Waals surface area contributed by atoms with Crippen molar-refractivity contribution < 1.29 is 0 Å². The van der Waals surface area contributed by atoms with Gasteiger partial charge in [0.1, 0.15) is 0 Å². The van der Waals surface area contributed by atoms with Gasteiger partial charge >= 0.3 is 0 Å². The number of para-hydroxylation sites is 2. The summed E-state index contributed by atoms with van der Waals surface area (Å²) in [5.74, 6) is 0. The summed E-state index contributed by atoms with van der Waals surface area (Å²) in [4.78, 5) is 2.46. The lowest BCUT2D eigenvalue weighted by Crippen LogP contribution is -2.19. The Morgan fingerprint density at radius 3 is 2.62 bits per heavy atom. The lowest BCUT2D eigenvalue weighted by Gasteiger charge is -2.22. The SMILES string of the molecule is Cc1ccc(CNc2ccccc2N2CCCC2)cc1Cl. The van der Waals surface area contributed by atoms with Crippen molar-refractivity contribution in [3.8, 4) is 0 Å². The Labute approximate surface area is 131 Å². The monoisotopic (exact) mass is 300 g/mol. The molecule has 2 aromatic rings. The van der Waals surface area contributed by atoms with Crippen LogP contribution in [0.1, 0.15) is 24.0 Å². The molecule has 1 heterocycles. The molecule has 1 aliphatic rings. The van der Waals surface area contributed by atoms with E-state index < -0.39 is 0 Å². The largest absolute Gasteiger partial charge is 0.379 e. The third kappa shape index (κ3) is 3.33. The number of rotatable bonds is 4. The Morgan fingerprint density at radius 1 is 1.10 bits per heavy atom. The minimum absolute atomic E-state index is 0.796. The van der Waals surface area contributed by atoms with Crippen molar-refractivity contribution in [1.82, 2.24) is 0 Å². The number of halogens is 1. The zero-order valence-electron chi connectivity index (χ0n) is 12.4. The maximum absolute atomic E-state index is 6.19. The number of hydrogen-bond acceptors (Lipinski definition) is 2. The Morgan fingerprint density at radius 2 is 1.86 bits per heavy atom. The molecule has 1 saturated heterocycles. The highest BCUT2D eigenvalue weighted by atomic mass is 35.5. The standard InChI is InChI=1S/C18H21ClN2/c1-14-8-9-15(12-16(14)19)13-20-17-6-2-3-7-18(17)21-10-4-5-11-21/h2-3,6-9,12,20H,4-5,10-11,13H2,1H3. The average molecular weight is 301 g/mol. The molecule has 0 saturated carbocycles. The summed E-state index contributed by atoms with van der Waals surface area (Å²) in [5.41, 5.74) is 4.85. The van der Waals surface area contributed by atoms with Gasteiger partial charge in [-0.1, -0.05) is 35.9 Å². The van der Waals surface area contributed by atoms with Gasteiger partial charge in [0.25, 0.3) is 0 Å². The van der Waals surface area contributed by atoms with E-state index in [4.69, 9.17) is 11.6 Å². The second-order valence-corrected chi connectivity index (χ2v) is 6.06. The van der Waals surface area contributed by atoms with Gasteiger partial charge in [0.15, 0.2) is 0 Å². The summed E-state index contributed by atoms with van der Waals surface area (Å²) in [5, 5.41) is 4.39. The molecule has 2 nitrogen and oxygen atoms in total. The fraction of sp³-hybridized carbons (Fsp3) is 0.333. The molecule has 2 aromatic carbocycles. The zero-order valence-corrected chi connectivity index (χ0v) is 13.2. The van der Waals surface area contributed by atoms with Crippen LogP contribution in [0.15, 0.2) is 42.5 Å². The zero-order chi connectivity index (χ0) is 14.7. The molecule has 3 heteroatoms. The van der Waals surface area contributed by atoms with Crippen LogP contribution in [0.2, 0.25) is 5.02 Å². The van der Waals surface area contributed by atoms with E-state index in [1.807, 2.05) is 13.0 Å². The number of anilines is 2. The molecular formula is C18H21ClN2. The summed E-state index contributed by atoms with van der Waals surface area (Å²) >= 11 is 6.19. The van der Waals surface area contributed by atoms with Crippen LogP contribution < -0.4 is 10.2 Å². The topological polar surface area (TPSA) is 15.3 Å². The Bertz CT molecular complexity index is 618. The van der Waals surface area contributed by atoms with E-state index in [1.54, 1.807) is 0 Å². The molecule has 1 N–H and O–H groups in total. The van der Waals surface area contributed by atoms with E-state index in [0.29, 0.717) is 0 Å². The number of benzene rings is 2. The van der Waals surface area contributed by atoms with E-state index in [9.17, 15) is 0 Å². The summed E-state index contributed by atoms with van der Waals surface area (Å²) < 4.78 is 0. The van der Waals surface area contributed by atoms with E-state index >= 15 is 0 Å². The normalized spacial score (nSPS) is 14.5. The predicted octanol–water partition coefficient (Wildman–Crippen LogP) is 4.86. The first kappa shape index (κ1) is 14.3. The van der Waals surface area contributed by atoms with Crippen LogP contribution in [0.25, 0.3) is 0 Å². The minimum Gasteiger partial charge on any atom is -0.379 e. The number of nitrogens with one attached hydrogen (secondary N) is 1. The molecule has 0 unspecified atom stereocenters. The lowest BCUT2D eigenvalue weighted by molar-refractivity contribution is 0.949. The van der Waals surface area contributed by atoms with Gasteiger partial charge in [0.2, 0.25) is 0 Å². The molecule has 1 fully saturated rings. The molecule has 0 aromatic heterocycles. The molecule has 3 rings (SSSR count). The van der Waals surface area contributed by atoms with Crippen LogP contribution in [0.3, 0.4) is 0 Å². The third-order valence-electron chi connectivity index (χ3n) is 4.07. The van der Waals surface area contributed by atoms with Crippen molar-refractivity contribution in [2.24, 2.45) is 0 Å². The Balaban J connectivity index is 1.74. The van der Waals surface area contributed by atoms with Gasteiger partial charge < -0.3 is 10.2 Å². The van der Waals surface area contributed by atoms with Crippen molar-refractivity contribution in [2.75, 3.05) is 23.3 Å². The van der Waals surface area contributed by atoms with E-state index in [-0.39, 0.29) is 0 Å². The van der Waals surface area contributed by atoms with Crippen LogP contribution in [0.5, 0.6) is 0 Å². The van der Waals surface area contributed by atoms with Crippen LogP contribution in [-0.2, 0) is 6.54 Å². The van der Waals surface area contributed by atoms with Gasteiger partial charge in [-0.25, -0.2) is 0 Å². The summed E-state index contributed by atoms with van der Waals surface area (Å²) in [6.07, 6.45) is 2.59. The molecule has 110 valence electrons. The molecule has 0 radical (unpaired) electrons. The summed E-state index contributed by atoms with van der Waals surface area (Å²) in [7, 11) is 0. The van der Waals surface area contributed by atoms with Gasteiger partial charge in [-0.15, -0.1) is 0 Å². The van der Waals surface area contributed by atoms with Crippen molar-refractivity contribution in [3.05, 3.63) is 58.6 Å². The highest BCUT2D eigenvalue weighted by Crippen LogP contribution is 2.29. The maximum Gasteiger partial charge on any atom is 0.0602 e. The van der Waals surface area contributed by atoms with Crippen molar-refractivity contribution in [2.45, 2.75) is 26.3 Å². The lowest BCUT2D eigenvalue weighted by atomic mass is 10.1. The second-order valence-electron chi connectivity index (χ2n) is 5.65. The van der Waals surface area contributed by atoms with Crippen molar-refractivity contribution in [1.29, 1.82) is 0 Å². The molecular weight excluding hydrogens is 280 g/mol. The Hall–Kier alpha value is -1.67. The molecule has 21 heavy (non-hydrogen) atoms. The summed E-state index contributed by atoms with van der Waals surface area (Å²) in [6, 6.07) is 14.8. The van der Waals surface area contributed by atoms with E-state index in [2.05, 4.69) is 46.6 Å². The third-order valence-corrected chi connectivity index (χ3v) is 4.48. The van der Waals surface area contributed by atoms with Crippen LogP contribution in [0.4, 0.5) is 11.4 Å².